The third-order valence-electron chi connectivity index (χ3n) is 3.62. The Hall–Kier alpha value is -2.37. The van der Waals surface area contributed by atoms with Crippen molar-refractivity contribution in [3.63, 3.8) is 0 Å². The minimum atomic E-state index is -0.271. The third-order valence-corrected chi connectivity index (χ3v) is 4.18. The van der Waals surface area contributed by atoms with Crippen LogP contribution in [-0.4, -0.2) is 27.2 Å². The van der Waals surface area contributed by atoms with E-state index in [4.69, 9.17) is 37.4 Å². The molecule has 5 nitrogen and oxygen atoms in total. The van der Waals surface area contributed by atoms with Gasteiger partial charge in [0.05, 0.1) is 21.3 Å². The molecule has 0 atom stereocenters. The van der Waals surface area contributed by atoms with Gasteiger partial charge in [0.1, 0.15) is 0 Å². The fourth-order valence-electron chi connectivity index (χ4n) is 2.35. The predicted octanol–water partition coefficient (Wildman–Crippen LogP) is 4.35. The van der Waals surface area contributed by atoms with Crippen molar-refractivity contribution < 1.29 is 19.0 Å². The molecule has 1 amide bonds. The van der Waals surface area contributed by atoms with Gasteiger partial charge in [0.25, 0.3) is 0 Å². The molecular formula is C19H19Cl2NO4. The number of methoxy groups -OCH3 is 3. The van der Waals surface area contributed by atoms with Gasteiger partial charge in [-0.05, 0) is 35.9 Å². The summed E-state index contributed by atoms with van der Waals surface area (Å²) in [5, 5.41) is 3.81. The summed E-state index contributed by atoms with van der Waals surface area (Å²) in [6.07, 6.45) is 3.03. The summed E-state index contributed by atoms with van der Waals surface area (Å²) in [6, 6.07) is 8.63. The van der Waals surface area contributed by atoms with Crippen molar-refractivity contribution in [2.24, 2.45) is 0 Å². The lowest BCUT2D eigenvalue weighted by molar-refractivity contribution is -0.116. The molecule has 138 valence electrons. The number of benzene rings is 2. The van der Waals surface area contributed by atoms with Crippen molar-refractivity contribution in [3.05, 3.63) is 57.6 Å². The van der Waals surface area contributed by atoms with Gasteiger partial charge in [0, 0.05) is 28.2 Å². The number of amides is 1. The molecule has 2 aromatic carbocycles. The third kappa shape index (κ3) is 4.84. The molecule has 0 aliphatic carbocycles. The number of rotatable bonds is 7. The zero-order valence-electron chi connectivity index (χ0n) is 14.6. The van der Waals surface area contributed by atoms with E-state index < -0.39 is 0 Å². The highest BCUT2D eigenvalue weighted by molar-refractivity contribution is 6.35. The molecule has 0 aliphatic rings. The van der Waals surface area contributed by atoms with Gasteiger partial charge >= 0.3 is 0 Å². The highest BCUT2D eigenvalue weighted by Crippen LogP contribution is 2.39. The lowest BCUT2D eigenvalue weighted by Crippen LogP contribution is -2.20. The maximum atomic E-state index is 12.1. The topological polar surface area (TPSA) is 56.8 Å². The van der Waals surface area contributed by atoms with E-state index in [0.717, 1.165) is 5.56 Å². The largest absolute Gasteiger partial charge is 0.493 e. The van der Waals surface area contributed by atoms with Gasteiger partial charge in [0.2, 0.25) is 11.7 Å². The highest BCUT2D eigenvalue weighted by atomic mass is 35.5. The molecule has 0 fully saturated rings. The first-order valence-corrected chi connectivity index (χ1v) is 8.44. The first-order valence-electron chi connectivity index (χ1n) is 7.69. The number of nitrogens with one attached hydrogen (secondary N) is 1. The summed E-state index contributed by atoms with van der Waals surface area (Å²) in [5.41, 5.74) is 1.46. The minimum absolute atomic E-state index is 0.265. The van der Waals surface area contributed by atoms with E-state index in [2.05, 4.69) is 5.32 Å². The molecule has 0 saturated carbocycles. The highest BCUT2D eigenvalue weighted by Gasteiger charge is 2.15. The Morgan fingerprint density at radius 2 is 1.77 bits per heavy atom. The maximum Gasteiger partial charge on any atom is 0.244 e. The van der Waals surface area contributed by atoms with Crippen LogP contribution in [-0.2, 0) is 11.3 Å². The van der Waals surface area contributed by atoms with Crippen molar-refractivity contribution in [2.75, 3.05) is 21.3 Å². The second-order valence-electron chi connectivity index (χ2n) is 5.21. The van der Waals surface area contributed by atoms with Gasteiger partial charge in [-0.25, -0.2) is 0 Å². The SMILES string of the molecule is COc1ccc(CNC(=O)/C=C/c2ccc(Cl)cc2Cl)c(OC)c1OC. The number of hydrogen-bond acceptors (Lipinski definition) is 4. The number of ether oxygens (including phenoxy) is 3. The van der Waals surface area contributed by atoms with Crippen LogP contribution in [0.25, 0.3) is 6.08 Å². The van der Waals surface area contributed by atoms with E-state index >= 15 is 0 Å². The summed E-state index contributed by atoms with van der Waals surface area (Å²) < 4.78 is 16.0. The lowest BCUT2D eigenvalue weighted by Gasteiger charge is -2.15. The van der Waals surface area contributed by atoms with Crippen LogP contribution in [0, 0.1) is 0 Å². The van der Waals surface area contributed by atoms with Gasteiger partial charge in [-0.3, -0.25) is 4.79 Å². The van der Waals surface area contributed by atoms with Crippen LogP contribution in [0.15, 0.2) is 36.4 Å². The molecule has 0 bridgehead atoms. The monoisotopic (exact) mass is 395 g/mol. The van der Waals surface area contributed by atoms with Crippen molar-refractivity contribution in [2.45, 2.75) is 6.54 Å². The summed E-state index contributed by atoms with van der Waals surface area (Å²) in [6.45, 7) is 0.265. The van der Waals surface area contributed by atoms with Gasteiger partial charge in [-0.2, -0.15) is 0 Å². The average molecular weight is 396 g/mol. The molecule has 1 N–H and O–H groups in total. The number of carbonyl (C=O) groups is 1. The average Bonchev–Trinajstić information content (AvgIpc) is 2.64. The van der Waals surface area contributed by atoms with Crippen LogP contribution in [0.5, 0.6) is 17.2 Å². The Balaban J connectivity index is 2.08. The molecule has 26 heavy (non-hydrogen) atoms. The lowest BCUT2D eigenvalue weighted by atomic mass is 10.1. The molecular weight excluding hydrogens is 377 g/mol. The molecule has 0 saturated heterocycles. The molecule has 0 aromatic heterocycles. The van der Waals surface area contributed by atoms with Gasteiger partial charge in [-0.15, -0.1) is 0 Å². The molecule has 0 radical (unpaired) electrons. The molecule has 2 rings (SSSR count). The Morgan fingerprint density at radius 1 is 1.04 bits per heavy atom. The molecule has 0 aliphatic heterocycles. The normalized spacial score (nSPS) is 10.7. The summed E-state index contributed by atoms with van der Waals surface area (Å²) in [4.78, 5) is 12.1. The van der Waals surface area contributed by atoms with Crippen LogP contribution in [0.1, 0.15) is 11.1 Å². The molecule has 2 aromatic rings. The second-order valence-corrected chi connectivity index (χ2v) is 6.05. The Kier molecular flexibility index (Phi) is 7.18. The summed E-state index contributed by atoms with van der Waals surface area (Å²) in [5.74, 6) is 1.27. The Labute approximate surface area is 162 Å². The Morgan fingerprint density at radius 3 is 2.38 bits per heavy atom. The van der Waals surface area contributed by atoms with E-state index in [1.807, 2.05) is 0 Å². The van der Waals surface area contributed by atoms with Crippen molar-refractivity contribution >= 4 is 35.2 Å². The number of carbonyl (C=O) groups excluding carboxylic acids is 1. The summed E-state index contributed by atoms with van der Waals surface area (Å²) >= 11 is 11.9. The van der Waals surface area contributed by atoms with E-state index in [1.54, 1.807) is 43.5 Å². The van der Waals surface area contributed by atoms with E-state index in [-0.39, 0.29) is 12.5 Å². The molecule has 7 heteroatoms. The molecule has 0 heterocycles. The fourth-order valence-corrected chi connectivity index (χ4v) is 2.82. The van der Waals surface area contributed by atoms with Crippen molar-refractivity contribution in [1.29, 1.82) is 0 Å². The van der Waals surface area contributed by atoms with Crippen molar-refractivity contribution in [1.82, 2.24) is 5.32 Å². The summed E-state index contributed by atoms with van der Waals surface area (Å²) in [7, 11) is 4.61. The number of halogens is 2. The van der Waals surface area contributed by atoms with E-state index in [0.29, 0.717) is 32.9 Å². The fraction of sp³-hybridized carbons (Fsp3) is 0.211. The zero-order valence-corrected chi connectivity index (χ0v) is 16.1. The molecule has 0 unspecified atom stereocenters. The Bertz CT molecular complexity index is 821. The van der Waals surface area contributed by atoms with Crippen LogP contribution >= 0.6 is 23.2 Å². The van der Waals surface area contributed by atoms with Crippen LogP contribution in [0.4, 0.5) is 0 Å². The van der Waals surface area contributed by atoms with E-state index in [1.165, 1.54) is 20.3 Å². The van der Waals surface area contributed by atoms with Crippen LogP contribution < -0.4 is 19.5 Å². The van der Waals surface area contributed by atoms with Gasteiger partial charge < -0.3 is 19.5 Å². The standard InChI is InChI=1S/C19H19Cl2NO4/c1-24-16-8-5-13(18(25-2)19(16)26-3)11-22-17(23)9-6-12-4-7-14(20)10-15(12)21/h4-10H,11H2,1-3H3,(H,22,23)/b9-6+. The first kappa shape index (κ1) is 19.9. The number of hydrogen-bond donors (Lipinski definition) is 1. The predicted molar refractivity (Wildman–Crippen MR) is 103 cm³/mol. The zero-order chi connectivity index (χ0) is 19.1. The first-order chi connectivity index (χ1) is 12.5. The van der Waals surface area contributed by atoms with Crippen LogP contribution in [0.3, 0.4) is 0 Å². The molecule has 0 spiro atoms. The minimum Gasteiger partial charge on any atom is -0.493 e. The quantitative estimate of drug-likeness (QED) is 0.708. The van der Waals surface area contributed by atoms with Crippen molar-refractivity contribution in [3.8, 4) is 17.2 Å². The van der Waals surface area contributed by atoms with E-state index in [9.17, 15) is 4.79 Å². The smallest absolute Gasteiger partial charge is 0.244 e. The maximum absolute atomic E-state index is 12.1. The second kappa shape index (κ2) is 9.36. The van der Waals surface area contributed by atoms with Crippen LogP contribution in [0.2, 0.25) is 10.0 Å². The van der Waals surface area contributed by atoms with Gasteiger partial charge in [0.15, 0.2) is 11.5 Å². The van der Waals surface area contributed by atoms with Gasteiger partial charge in [-0.1, -0.05) is 29.3 Å².